The van der Waals surface area contributed by atoms with Gasteiger partial charge in [-0.25, -0.2) is 14.4 Å². The molecule has 184 valence electrons. The number of nitrogens with zero attached hydrogens (tertiary/aromatic N) is 2. The van der Waals surface area contributed by atoms with Gasteiger partial charge in [0, 0.05) is 50.5 Å². The first-order valence-corrected chi connectivity index (χ1v) is 12.4. The Morgan fingerprint density at radius 1 is 1.21 bits per heavy atom. The maximum absolute atomic E-state index is 14.5. The number of ether oxygens (including phenoxy) is 1. The van der Waals surface area contributed by atoms with Crippen LogP contribution in [0.2, 0.25) is 5.02 Å². The van der Waals surface area contributed by atoms with Crippen molar-refractivity contribution in [1.82, 2.24) is 15.3 Å². The van der Waals surface area contributed by atoms with Crippen LogP contribution in [0.1, 0.15) is 52.4 Å². The first-order chi connectivity index (χ1) is 16.3. The van der Waals surface area contributed by atoms with Gasteiger partial charge in [-0.15, -0.1) is 0 Å². The smallest absolute Gasteiger partial charge is 0.217 e. The number of amides is 1. The minimum Gasteiger partial charge on any atom is -0.381 e. The van der Waals surface area contributed by atoms with Crippen LogP contribution < -0.4 is 16.0 Å². The molecule has 9 heteroatoms. The molecule has 34 heavy (non-hydrogen) atoms. The van der Waals surface area contributed by atoms with E-state index in [4.69, 9.17) is 16.3 Å². The summed E-state index contributed by atoms with van der Waals surface area (Å²) in [5.41, 5.74) is 1.34. The van der Waals surface area contributed by atoms with Gasteiger partial charge in [0.05, 0.1) is 10.7 Å². The third kappa shape index (κ3) is 6.36. The number of hydrogen-bond acceptors (Lipinski definition) is 6. The van der Waals surface area contributed by atoms with E-state index in [0.29, 0.717) is 28.6 Å². The zero-order chi connectivity index (χ0) is 24.1. The van der Waals surface area contributed by atoms with Crippen LogP contribution in [0.5, 0.6) is 0 Å². The first kappa shape index (κ1) is 24.7. The summed E-state index contributed by atoms with van der Waals surface area (Å²) in [7, 11) is 0. The molecule has 1 saturated heterocycles. The maximum atomic E-state index is 14.5. The normalized spacial score (nSPS) is 22.1. The van der Waals surface area contributed by atoms with Crippen LogP contribution in [-0.2, 0) is 9.53 Å². The van der Waals surface area contributed by atoms with Crippen molar-refractivity contribution in [2.24, 2.45) is 5.41 Å². The van der Waals surface area contributed by atoms with Crippen LogP contribution in [0.15, 0.2) is 24.4 Å². The number of hydrogen-bond donors (Lipinski definition) is 3. The summed E-state index contributed by atoms with van der Waals surface area (Å²) >= 11 is 6.46. The van der Waals surface area contributed by atoms with Crippen LogP contribution in [0.3, 0.4) is 0 Å². The minimum absolute atomic E-state index is 0.0166. The van der Waals surface area contributed by atoms with Crippen molar-refractivity contribution >= 4 is 29.1 Å². The number of carbonyl (C=O) groups is 1. The second-order valence-electron chi connectivity index (χ2n) is 9.75. The summed E-state index contributed by atoms with van der Waals surface area (Å²) in [6.45, 7) is 5.82. The average molecular weight is 490 g/mol. The molecule has 0 spiro atoms. The molecule has 0 unspecified atom stereocenters. The molecule has 2 aromatic heterocycles. The molecule has 1 amide bonds. The molecule has 1 aliphatic carbocycles. The highest BCUT2D eigenvalue weighted by Crippen LogP contribution is 2.33. The summed E-state index contributed by atoms with van der Waals surface area (Å²) in [5.74, 6) is 0.559. The van der Waals surface area contributed by atoms with Gasteiger partial charge < -0.3 is 20.7 Å². The lowest BCUT2D eigenvalue weighted by Gasteiger charge is -2.33. The van der Waals surface area contributed by atoms with E-state index < -0.39 is 0 Å². The topological polar surface area (TPSA) is 88.2 Å². The molecule has 1 saturated carbocycles. The number of pyridine rings is 2. The number of rotatable bonds is 7. The van der Waals surface area contributed by atoms with E-state index in [1.807, 2.05) is 6.07 Å². The van der Waals surface area contributed by atoms with Crippen molar-refractivity contribution in [3.63, 3.8) is 0 Å². The highest BCUT2D eigenvalue weighted by Gasteiger charge is 2.28. The Morgan fingerprint density at radius 2 is 1.91 bits per heavy atom. The lowest BCUT2D eigenvalue weighted by molar-refractivity contribution is -0.119. The van der Waals surface area contributed by atoms with Crippen LogP contribution in [-0.4, -0.2) is 47.7 Å². The lowest BCUT2D eigenvalue weighted by atomic mass is 9.82. The third-order valence-electron chi connectivity index (χ3n) is 6.85. The zero-order valence-electron chi connectivity index (χ0n) is 19.8. The quantitative estimate of drug-likeness (QED) is 0.506. The van der Waals surface area contributed by atoms with E-state index in [-0.39, 0.29) is 35.0 Å². The molecular formula is C25H33ClFN5O2. The maximum Gasteiger partial charge on any atom is 0.217 e. The zero-order valence-corrected chi connectivity index (χ0v) is 20.6. The van der Waals surface area contributed by atoms with E-state index in [1.165, 1.54) is 6.07 Å². The van der Waals surface area contributed by atoms with Gasteiger partial charge in [0.15, 0.2) is 11.6 Å². The number of aromatic nitrogens is 2. The van der Waals surface area contributed by atoms with E-state index in [9.17, 15) is 9.18 Å². The molecule has 2 fully saturated rings. The second-order valence-corrected chi connectivity index (χ2v) is 10.2. The SMILES string of the molecule is CC(=O)N[C@H]1CC[C@H](Nc2cc(-c3ccc(F)c(NCC4(C)CCOCC4)n3)c(Cl)cn2)CC1. The second kappa shape index (κ2) is 10.9. The summed E-state index contributed by atoms with van der Waals surface area (Å²) in [6.07, 6.45) is 7.20. The van der Waals surface area contributed by atoms with Gasteiger partial charge in [0.25, 0.3) is 0 Å². The molecule has 0 aromatic carbocycles. The Kier molecular flexibility index (Phi) is 7.88. The highest BCUT2D eigenvalue weighted by atomic mass is 35.5. The molecule has 3 N–H and O–H groups in total. The van der Waals surface area contributed by atoms with Crippen molar-refractivity contribution in [1.29, 1.82) is 0 Å². The summed E-state index contributed by atoms with van der Waals surface area (Å²) in [6, 6.07) is 5.43. The Labute approximate surface area is 205 Å². The predicted octanol–water partition coefficient (Wildman–Crippen LogP) is 5.02. The van der Waals surface area contributed by atoms with Gasteiger partial charge in [0.1, 0.15) is 5.82 Å². The van der Waals surface area contributed by atoms with Gasteiger partial charge in [0.2, 0.25) is 5.91 Å². The minimum atomic E-state index is -0.390. The fourth-order valence-corrected chi connectivity index (χ4v) is 4.85. The van der Waals surface area contributed by atoms with Crippen LogP contribution >= 0.6 is 11.6 Å². The molecular weight excluding hydrogens is 457 g/mol. The third-order valence-corrected chi connectivity index (χ3v) is 7.15. The standard InChI is InChI=1S/C25H33ClFN5O2/c1-16(33)30-17-3-5-18(6-4-17)31-23-13-19(20(26)14-28-23)22-8-7-21(27)24(32-22)29-15-25(2)9-11-34-12-10-25/h7-8,13-14,17-18H,3-6,9-12,15H2,1-2H3,(H,28,31)(H,29,32)(H,30,33)/t17-,18-. The molecule has 2 aliphatic rings. The summed E-state index contributed by atoms with van der Waals surface area (Å²) in [5, 5.41) is 10.1. The van der Waals surface area contributed by atoms with Gasteiger partial charge in [-0.2, -0.15) is 0 Å². The van der Waals surface area contributed by atoms with E-state index in [0.717, 1.165) is 51.7 Å². The average Bonchev–Trinajstić information content (AvgIpc) is 2.81. The van der Waals surface area contributed by atoms with Crippen LogP contribution in [0, 0.1) is 11.2 Å². The molecule has 2 aromatic rings. The number of halogens is 2. The molecule has 7 nitrogen and oxygen atoms in total. The van der Waals surface area contributed by atoms with Gasteiger partial charge >= 0.3 is 0 Å². The number of anilines is 2. The number of carbonyl (C=O) groups excluding carboxylic acids is 1. The predicted molar refractivity (Wildman–Crippen MR) is 133 cm³/mol. The van der Waals surface area contributed by atoms with E-state index >= 15 is 0 Å². The molecule has 0 bridgehead atoms. The Balaban J connectivity index is 1.44. The first-order valence-electron chi connectivity index (χ1n) is 12.0. The molecule has 3 heterocycles. The molecule has 0 radical (unpaired) electrons. The fraction of sp³-hybridized carbons (Fsp3) is 0.560. The van der Waals surface area contributed by atoms with Crippen LogP contribution in [0.25, 0.3) is 11.3 Å². The molecule has 1 aliphatic heterocycles. The van der Waals surface area contributed by atoms with Crippen molar-refractivity contribution in [2.75, 3.05) is 30.4 Å². The van der Waals surface area contributed by atoms with Crippen molar-refractivity contribution < 1.29 is 13.9 Å². The van der Waals surface area contributed by atoms with Gasteiger partial charge in [-0.05, 0) is 62.1 Å². The van der Waals surface area contributed by atoms with Crippen molar-refractivity contribution in [3.8, 4) is 11.3 Å². The highest BCUT2D eigenvalue weighted by molar-refractivity contribution is 6.33. The summed E-state index contributed by atoms with van der Waals surface area (Å²) < 4.78 is 20.0. The van der Waals surface area contributed by atoms with E-state index in [2.05, 4.69) is 32.8 Å². The number of nitrogens with one attached hydrogen (secondary N) is 3. The van der Waals surface area contributed by atoms with E-state index in [1.54, 1.807) is 19.2 Å². The van der Waals surface area contributed by atoms with Crippen molar-refractivity contribution in [3.05, 3.63) is 35.2 Å². The lowest BCUT2D eigenvalue weighted by Crippen LogP contribution is -2.39. The Bertz CT molecular complexity index is 1010. The van der Waals surface area contributed by atoms with Gasteiger partial charge in [-0.1, -0.05) is 18.5 Å². The largest absolute Gasteiger partial charge is 0.381 e. The van der Waals surface area contributed by atoms with Gasteiger partial charge in [-0.3, -0.25) is 4.79 Å². The van der Waals surface area contributed by atoms with Crippen LogP contribution in [0.4, 0.5) is 16.0 Å². The molecule has 0 atom stereocenters. The monoisotopic (exact) mass is 489 g/mol. The van der Waals surface area contributed by atoms with Crippen molar-refractivity contribution in [2.45, 2.75) is 64.5 Å². The Morgan fingerprint density at radius 3 is 2.62 bits per heavy atom. The molecule has 4 rings (SSSR count). The fourth-order valence-electron chi connectivity index (χ4n) is 4.65. The Hall–Kier alpha value is -2.45. The summed E-state index contributed by atoms with van der Waals surface area (Å²) in [4.78, 5) is 20.3.